The Kier molecular flexibility index (Phi) is 4.32. The van der Waals surface area contributed by atoms with Gasteiger partial charge in [-0.05, 0) is 31.9 Å². The number of thiophene rings is 1. The summed E-state index contributed by atoms with van der Waals surface area (Å²) in [5, 5.41) is 3.46. The van der Waals surface area contributed by atoms with Crippen molar-refractivity contribution in [3.8, 4) is 0 Å². The van der Waals surface area contributed by atoms with E-state index in [-0.39, 0.29) is 0 Å². The number of aryl methyl sites for hydroxylation is 1. The van der Waals surface area contributed by atoms with Gasteiger partial charge < -0.3 is 9.88 Å². The molecule has 108 valence electrons. The van der Waals surface area contributed by atoms with Gasteiger partial charge in [0.1, 0.15) is 0 Å². The van der Waals surface area contributed by atoms with Crippen LogP contribution in [0.15, 0.2) is 18.3 Å². The fourth-order valence-corrected chi connectivity index (χ4v) is 3.92. The molecule has 1 N–H and O–H groups in total. The number of hydrogen-bond donors (Lipinski definition) is 1. The molecule has 0 spiro atoms. The zero-order valence-corrected chi connectivity index (χ0v) is 13.3. The molecular weight excluding hydrogens is 290 g/mol. The second kappa shape index (κ2) is 6.19. The summed E-state index contributed by atoms with van der Waals surface area (Å²) in [6.07, 6.45) is 8.77. The summed E-state index contributed by atoms with van der Waals surface area (Å²) in [6.45, 7) is 2.85. The lowest BCUT2D eigenvalue weighted by Crippen LogP contribution is -2.15. The third kappa shape index (κ3) is 3.18. The van der Waals surface area contributed by atoms with E-state index in [1.54, 1.807) is 11.3 Å². The van der Waals surface area contributed by atoms with Gasteiger partial charge in [-0.15, -0.1) is 11.3 Å². The van der Waals surface area contributed by atoms with Crippen molar-refractivity contribution in [2.45, 2.75) is 51.6 Å². The Morgan fingerprint density at radius 1 is 1.35 bits per heavy atom. The van der Waals surface area contributed by atoms with Crippen molar-refractivity contribution >= 4 is 28.9 Å². The van der Waals surface area contributed by atoms with Gasteiger partial charge in [0.25, 0.3) is 0 Å². The molecule has 1 fully saturated rings. The van der Waals surface area contributed by atoms with E-state index >= 15 is 0 Å². The van der Waals surface area contributed by atoms with Crippen LogP contribution >= 0.6 is 22.9 Å². The zero-order chi connectivity index (χ0) is 13.9. The first-order valence-corrected chi connectivity index (χ1v) is 8.45. The van der Waals surface area contributed by atoms with Crippen LogP contribution in [0.2, 0.25) is 4.34 Å². The number of hydrogen-bond acceptors (Lipinski definition) is 3. The molecule has 0 atom stereocenters. The standard InChI is InChI=1S/C15H20ClN3S/c1-11-10-19(12-5-3-2-4-6-12)15(18-11)17-9-13-7-8-14(16)20-13/h7-8,10,12H,2-6,9H2,1H3,(H,17,18). The monoisotopic (exact) mass is 309 g/mol. The Labute approximate surface area is 129 Å². The van der Waals surface area contributed by atoms with Gasteiger partial charge >= 0.3 is 0 Å². The predicted octanol–water partition coefficient (Wildman–Crippen LogP) is 5.02. The maximum atomic E-state index is 5.97. The van der Waals surface area contributed by atoms with Crippen LogP contribution in [0, 0.1) is 6.92 Å². The lowest BCUT2D eigenvalue weighted by Gasteiger charge is -2.24. The number of nitrogens with zero attached hydrogens (tertiary/aromatic N) is 2. The molecule has 0 bridgehead atoms. The van der Waals surface area contributed by atoms with Crippen LogP contribution < -0.4 is 5.32 Å². The summed E-state index contributed by atoms with van der Waals surface area (Å²) < 4.78 is 3.18. The summed E-state index contributed by atoms with van der Waals surface area (Å²) in [5.41, 5.74) is 1.09. The third-order valence-electron chi connectivity index (χ3n) is 3.87. The summed E-state index contributed by atoms with van der Waals surface area (Å²) in [7, 11) is 0. The number of aromatic nitrogens is 2. The first-order valence-electron chi connectivity index (χ1n) is 7.26. The highest BCUT2D eigenvalue weighted by atomic mass is 35.5. The molecule has 2 heterocycles. The lowest BCUT2D eigenvalue weighted by molar-refractivity contribution is 0.355. The zero-order valence-electron chi connectivity index (χ0n) is 11.7. The van der Waals surface area contributed by atoms with E-state index in [1.165, 1.54) is 37.0 Å². The van der Waals surface area contributed by atoms with Crippen molar-refractivity contribution in [1.82, 2.24) is 9.55 Å². The molecule has 1 saturated carbocycles. The fourth-order valence-electron chi connectivity index (χ4n) is 2.90. The molecule has 3 nitrogen and oxygen atoms in total. The van der Waals surface area contributed by atoms with Crippen molar-refractivity contribution in [2.24, 2.45) is 0 Å². The topological polar surface area (TPSA) is 29.9 Å². The minimum atomic E-state index is 0.611. The minimum absolute atomic E-state index is 0.611. The van der Waals surface area contributed by atoms with Crippen molar-refractivity contribution in [3.63, 3.8) is 0 Å². The Morgan fingerprint density at radius 3 is 2.85 bits per heavy atom. The van der Waals surface area contributed by atoms with Crippen molar-refractivity contribution in [3.05, 3.63) is 33.2 Å². The lowest BCUT2D eigenvalue weighted by atomic mass is 9.95. The molecule has 20 heavy (non-hydrogen) atoms. The SMILES string of the molecule is Cc1cn(C2CCCCC2)c(NCc2ccc(Cl)s2)n1. The Hall–Kier alpha value is -1.00. The highest BCUT2D eigenvalue weighted by Crippen LogP contribution is 2.31. The highest BCUT2D eigenvalue weighted by molar-refractivity contribution is 7.16. The third-order valence-corrected chi connectivity index (χ3v) is 5.10. The molecule has 5 heteroatoms. The number of nitrogens with one attached hydrogen (secondary N) is 1. The van der Waals surface area contributed by atoms with Crippen LogP contribution in [0.1, 0.15) is 48.7 Å². The molecule has 0 aromatic carbocycles. The predicted molar refractivity (Wildman–Crippen MR) is 85.7 cm³/mol. The van der Waals surface area contributed by atoms with Gasteiger partial charge in [-0.2, -0.15) is 0 Å². The van der Waals surface area contributed by atoms with Crippen LogP contribution in [0.3, 0.4) is 0 Å². The average molecular weight is 310 g/mol. The largest absolute Gasteiger partial charge is 0.351 e. The number of imidazole rings is 1. The van der Waals surface area contributed by atoms with E-state index in [4.69, 9.17) is 11.6 Å². The molecule has 2 aromatic heterocycles. The van der Waals surface area contributed by atoms with Gasteiger partial charge in [-0.1, -0.05) is 30.9 Å². The Morgan fingerprint density at radius 2 is 2.15 bits per heavy atom. The number of halogens is 1. The normalized spacial score (nSPS) is 16.5. The highest BCUT2D eigenvalue weighted by Gasteiger charge is 2.18. The molecule has 1 aliphatic carbocycles. The van der Waals surface area contributed by atoms with Gasteiger partial charge in [0.2, 0.25) is 5.95 Å². The van der Waals surface area contributed by atoms with Gasteiger partial charge in [0.15, 0.2) is 0 Å². The maximum absolute atomic E-state index is 5.97. The van der Waals surface area contributed by atoms with Crippen molar-refractivity contribution in [2.75, 3.05) is 5.32 Å². The Bertz CT molecular complexity index is 569. The average Bonchev–Trinajstić information content (AvgIpc) is 3.03. The molecule has 0 aliphatic heterocycles. The Balaban J connectivity index is 1.71. The molecule has 2 aromatic rings. The van der Waals surface area contributed by atoms with Crippen molar-refractivity contribution < 1.29 is 0 Å². The minimum Gasteiger partial charge on any atom is -0.351 e. The van der Waals surface area contributed by atoms with E-state index in [9.17, 15) is 0 Å². The molecule has 0 radical (unpaired) electrons. The van der Waals surface area contributed by atoms with E-state index < -0.39 is 0 Å². The van der Waals surface area contributed by atoms with Gasteiger partial charge in [-0.25, -0.2) is 4.98 Å². The van der Waals surface area contributed by atoms with E-state index in [1.807, 2.05) is 6.07 Å². The van der Waals surface area contributed by atoms with Crippen LogP contribution in [0.5, 0.6) is 0 Å². The van der Waals surface area contributed by atoms with E-state index in [0.717, 1.165) is 22.5 Å². The van der Waals surface area contributed by atoms with E-state index in [0.29, 0.717) is 6.04 Å². The van der Waals surface area contributed by atoms with Gasteiger partial charge in [0, 0.05) is 17.1 Å². The first-order chi connectivity index (χ1) is 9.72. The first kappa shape index (κ1) is 14.0. The molecule has 1 aliphatic rings. The smallest absolute Gasteiger partial charge is 0.203 e. The second-order valence-corrected chi connectivity index (χ2v) is 7.26. The van der Waals surface area contributed by atoms with Gasteiger partial charge in [0.05, 0.1) is 16.6 Å². The van der Waals surface area contributed by atoms with Gasteiger partial charge in [-0.3, -0.25) is 0 Å². The maximum Gasteiger partial charge on any atom is 0.203 e. The molecule has 0 saturated heterocycles. The summed E-state index contributed by atoms with van der Waals surface area (Å²) >= 11 is 7.59. The van der Waals surface area contributed by atoms with Crippen LogP contribution in [0.25, 0.3) is 0 Å². The van der Waals surface area contributed by atoms with Crippen LogP contribution in [-0.2, 0) is 6.54 Å². The van der Waals surface area contributed by atoms with Crippen LogP contribution in [-0.4, -0.2) is 9.55 Å². The number of rotatable bonds is 4. The quantitative estimate of drug-likeness (QED) is 0.859. The van der Waals surface area contributed by atoms with Crippen molar-refractivity contribution in [1.29, 1.82) is 0 Å². The molecule has 3 rings (SSSR count). The molecule has 0 unspecified atom stereocenters. The molecular formula is C15H20ClN3S. The van der Waals surface area contributed by atoms with E-state index in [2.05, 4.69) is 34.1 Å². The number of anilines is 1. The summed E-state index contributed by atoms with van der Waals surface area (Å²) in [5.74, 6) is 0.999. The van der Waals surface area contributed by atoms with Crippen LogP contribution in [0.4, 0.5) is 5.95 Å². The summed E-state index contributed by atoms with van der Waals surface area (Å²) in [4.78, 5) is 5.87. The second-order valence-electron chi connectivity index (χ2n) is 5.46. The fraction of sp³-hybridized carbons (Fsp3) is 0.533. The molecule has 0 amide bonds. The summed E-state index contributed by atoms with van der Waals surface area (Å²) in [6, 6.07) is 4.63.